The molecule has 0 saturated heterocycles. The third-order valence-corrected chi connectivity index (χ3v) is 4.32. The van der Waals surface area contributed by atoms with Gasteiger partial charge in [-0.25, -0.2) is 9.97 Å². The summed E-state index contributed by atoms with van der Waals surface area (Å²) in [6, 6.07) is 10.6. The minimum absolute atomic E-state index is 0.662. The average Bonchev–Trinajstić information content (AvgIpc) is 2.40. The summed E-state index contributed by atoms with van der Waals surface area (Å²) in [5.41, 5.74) is 3.71. The molecule has 0 fully saturated rings. The van der Waals surface area contributed by atoms with E-state index in [0.717, 1.165) is 36.4 Å². The van der Waals surface area contributed by atoms with Crippen LogP contribution in [0.15, 0.2) is 39.7 Å². The number of hydrogen-bond acceptors (Lipinski definition) is 3. The molecular weight excluding hydrogens is 370 g/mol. The van der Waals surface area contributed by atoms with E-state index in [4.69, 9.17) is 0 Å². The van der Waals surface area contributed by atoms with Gasteiger partial charge < -0.3 is 0 Å². The lowest BCUT2D eigenvalue weighted by Crippen LogP contribution is -2.31. The van der Waals surface area contributed by atoms with Crippen LogP contribution < -0.4 is 0 Å². The van der Waals surface area contributed by atoms with Gasteiger partial charge in [0.2, 0.25) is 0 Å². The van der Waals surface area contributed by atoms with Gasteiger partial charge in [0.25, 0.3) is 0 Å². The maximum Gasteiger partial charge on any atom is 0.197 e. The second-order valence-corrected chi connectivity index (χ2v) is 6.12. The number of fused-ring (bicyclic) bond motifs is 1. The van der Waals surface area contributed by atoms with Crippen molar-refractivity contribution in [1.29, 1.82) is 0 Å². The third kappa shape index (κ3) is 3.04. The van der Waals surface area contributed by atoms with Crippen molar-refractivity contribution in [3.63, 3.8) is 0 Å². The first kappa shape index (κ1) is 13.2. The molecule has 1 aromatic carbocycles. The first-order valence-corrected chi connectivity index (χ1v) is 7.78. The van der Waals surface area contributed by atoms with Crippen molar-refractivity contribution < 1.29 is 0 Å². The second-order valence-electron chi connectivity index (χ2n) is 4.65. The lowest BCUT2D eigenvalue weighted by atomic mass is 10.1. The molecule has 0 unspecified atom stereocenters. The molecule has 0 saturated carbocycles. The number of aromatic nitrogens is 2. The van der Waals surface area contributed by atoms with Crippen LogP contribution in [0.2, 0.25) is 0 Å². The Morgan fingerprint density at radius 3 is 2.68 bits per heavy atom. The maximum absolute atomic E-state index is 4.46. The van der Waals surface area contributed by atoms with Crippen molar-refractivity contribution >= 4 is 31.9 Å². The molecule has 3 rings (SSSR count). The fourth-order valence-electron chi connectivity index (χ4n) is 2.38. The normalized spacial score (nSPS) is 15.3. The smallest absolute Gasteiger partial charge is 0.197 e. The molecule has 5 heteroatoms. The topological polar surface area (TPSA) is 29.0 Å². The summed E-state index contributed by atoms with van der Waals surface area (Å²) in [5, 5.41) is 0. The van der Waals surface area contributed by atoms with Crippen molar-refractivity contribution in [1.82, 2.24) is 14.9 Å². The van der Waals surface area contributed by atoms with Crippen molar-refractivity contribution in [2.24, 2.45) is 0 Å². The van der Waals surface area contributed by atoms with Crippen LogP contribution in [0.3, 0.4) is 0 Å². The zero-order valence-corrected chi connectivity index (χ0v) is 13.5. The summed E-state index contributed by atoms with van der Waals surface area (Å²) in [5.74, 6) is 0. The lowest BCUT2D eigenvalue weighted by Gasteiger charge is -2.28. The van der Waals surface area contributed by atoms with Gasteiger partial charge in [-0.15, -0.1) is 0 Å². The molecule has 0 N–H and O–H groups in total. The number of benzene rings is 1. The van der Waals surface area contributed by atoms with Gasteiger partial charge in [-0.1, -0.05) is 30.3 Å². The molecule has 0 atom stereocenters. The molecule has 3 nitrogen and oxygen atoms in total. The first-order valence-electron chi connectivity index (χ1n) is 6.19. The minimum Gasteiger partial charge on any atom is -0.294 e. The SMILES string of the molecule is Brc1nc(Br)c2c(n1)CCN(Cc1ccccc1)C2. The van der Waals surface area contributed by atoms with E-state index in [1.54, 1.807) is 0 Å². The van der Waals surface area contributed by atoms with Crippen LogP contribution in [-0.2, 0) is 19.5 Å². The lowest BCUT2D eigenvalue weighted by molar-refractivity contribution is 0.242. The largest absolute Gasteiger partial charge is 0.294 e. The molecule has 2 aromatic rings. The van der Waals surface area contributed by atoms with E-state index >= 15 is 0 Å². The fourth-order valence-corrected chi connectivity index (χ4v) is 3.53. The van der Waals surface area contributed by atoms with E-state index in [1.165, 1.54) is 11.1 Å². The summed E-state index contributed by atoms with van der Waals surface area (Å²) in [6.07, 6.45) is 0.974. The van der Waals surface area contributed by atoms with Gasteiger partial charge in [0.1, 0.15) is 4.60 Å². The highest BCUT2D eigenvalue weighted by molar-refractivity contribution is 9.11. The minimum atomic E-state index is 0.662. The molecule has 0 amide bonds. The quantitative estimate of drug-likeness (QED) is 0.587. The molecule has 0 bridgehead atoms. The van der Waals surface area contributed by atoms with Crippen molar-refractivity contribution in [3.8, 4) is 0 Å². The summed E-state index contributed by atoms with van der Waals surface area (Å²) in [4.78, 5) is 11.2. The summed E-state index contributed by atoms with van der Waals surface area (Å²) < 4.78 is 1.57. The van der Waals surface area contributed by atoms with Crippen LogP contribution in [0.4, 0.5) is 0 Å². The van der Waals surface area contributed by atoms with E-state index in [-0.39, 0.29) is 0 Å². The molecule has 1 aliphatic heterocycles. The van der Waals surface area contributed by atoms with Crippen LogP contribution in [0, 0.1) is 0 Å². The Hall–Kier alpha value is -0.780. The molecule has 2 heterocycles. The Kier molecular flexibility index (Phi) is 3.96. The first-order chi connectivity index (χ1) is 9.22. The number of nitrogens with zero attached hydrogens (tertiary/aromatic N) is 3. The van der Waals surface area contributed by atoms with Gasteiger partial charge in [0.05, 0.1) is 5.69 Å². The molecule has 1 aliphatic rings. The monoisotopic (exact) mass is 381 g/mol. The van der Waals surface area contributed by atoms with Gasteiger partial charge in [-0.2, -0.15) is 0 Å². The molecule has 98 valence electrons. The molecule has 19 heavy (non-hydrogen) atoms. The Balaban J connectivity index is 1.79. The van der Waals surface area contributed by atoms with Crippen LogP contribution in [0.1, 0.15) is 16.8 Å². The Labute approximate surface area is 129 Å². The van der Waals surface area contributed by atoms with E-state index in [0.29, 0.717) is 4.73 Å². The summed E-state index contributed by atoms with van der Waals surface area (Å²) >= 11 is 6.88. The molecule has 1 aromatic heterocycles. The van der Waals surface area contributed by atoms with Crippen molar-refractivity contribution in [2.75, 3.05) is 6.54 Å². The fraction of sp³-hybridized carbons (Fsp3) is 0.286. The second kappa shape index (κ2) is 5.69. The van der Waals surface area contributed by atoms with Gasteiger partial charge in [0.15, 0.2) is 4.73 Å². The molecule has 0 radical (unpaired) electrons. The Morgan fingerprint density at radius 1 is 1.11 bits per heavy atom. The standard InChI is InChI=1S/C14H13Br2N3/c15-13-11-9-19(8-10-4-2-1-3-5-10)7-6-12(11)17-14(16)18-13/h1-5H,6-9H2. The van der Waals surface area contributed by atoms with Crippen LogP contribution in [0.5, 0.6) is 0 Å². The van der Waals surface area contributed by atoms with Crippen molar-refractivity contribution in [3.05, 3.63) is 56.5 Å². The Morgan fingerprint density at radius 2 is 1.89 bits per heavy atom. The van der Waals surface area contributed by atoms with Crippen molar-refractivity contribution in [2.45, 2.75) is 19.5 Å². The number of halogens is 2. The van der Waals surface area contributed by atoms with Gasteiger partial charge >= 0.3 is 0 Å². The highest BCUT2D eigenvalue weighted by Gasteiger charge is 2.21. The third-order valence-electron chi connectivity index (χ3n) is 3.31. The summed E-state index contributed by atoms with van der Waals surface area (Å²) in [7, 11) is 0. The highest BCUT2D eigenvalue weighted by Crippen LogP contribution is 2.26. The zero-order valence-electron chi connectivity index (χ0n) is 10.3. The van der Waals surface area contributed by atoms with E-state index < -0.39 is 0 Å². The predicted molar refractivity (Wildman–Crippen MR) is 81.7 cm³/mol. The van der Waals surface area contributed by atoms with E-state index in [9.17, 15) is 0 Å². The number of rotatable bonds is 2. The average molecular weight is 383 g/mol. The van der Waals surface area contributed by atoms with Gasteiger partial charge in [0, 0.05) is 31.6 Å². The van der Waals surface area contributed by atoms with Crippen LogP contribution in [-0.4, -0.2) is 21.4 Å². The van der Waals surface area contributed by atoms with Gasteiger partial charge in [-0.3, -0.25) is 4.90 Å². The van der Waals surface area contributed by atoms with Gasteiger partial charge in [-0.05, 0) is 37.4 Å². The molecule has 0 spiro atoms. The van der Waals surface area contributed by atoms with E-state index in [1.807, 2.05) is 0 Å². The molecular formula is C14H13Br2N3. The maximum atomic E-state index is 4.46. The highest BCUT2D eigenvalue weighted by atomic mass is 79.9. The predicted octanol–water partition coefficient (Wildman–Crippen LogP) is 3.56. The molecule has 0 aliphatic carbocycles. The Bertz CT molecular complexity index is 587. The zero-order chi connectivity index (χ0) is 13.2. The van der Waals surface area contributed by atoms with Crippen LogP contribution in [0.25, 0.3) is 0 Å². The van der Waals surface area contributed by atoms with Crippen LogP contribution >= 0.6 is 31.9 Å². The number of hydrogen-bond donors (Lipinski definition) is 0. The van der Waals surface area contributed by atoms with E-state index in [2.05, 4.69) is 77.1 Å². The summed E-state index contributed by atoms with van der Waals surface area (Å²) in [6.45, 7) is 2.92.